The molecule has 0 unspecified atom stereocenters. The van der Waals surface area contributed by atoms with E-state index in [2.05, 4.69) is 49.9 Å². The van der Waals surface area contributed by atoms with Crippen molar-refractivity contribution < 1.29 is 4.79 Å². The average molecular weight is 426 g/mol. The minimum absolute atomic E-state index is 0.116. The van der Waals surface area contributed by atoms with Gasteiger partial charge in [-0.15, -0.1) is 0 Å². The molecule has 0 atom stereocenters. The fourth-order valence-electron chi connectivity index (χ4n) is 6.85. The average Bonchev–Trinajstić information content (AvgIpc) is 3.13. The van der Waals surface area contributed by atoms with Crippen LogP contribution in [0.25, 0.3) is 10.2 Å². The van der Waals surface area contributed by atoms with Gasteiger partial charge in [-0.2, -0.15) is 0 Å². The molecule has 4 fully saturated rings. The van der Waals surface area contributed by atoms with Crippen LogP contribution in [0.4, 0.5) is 5.13 Å². The van der Waals surface area contributed by atoms with Crippen LogP contribution in [0.3, 0.4) is 0 Å². The minimum Gasteiger partial charge on any atom is -0.309 e. The first-order valence-corrected chi connectivity index (χ1v) is 12.5. The number of amides is 1. The van der Waals surface area contributed by atoms with Gasteiger partial charge in [0.1, 0.15) is 0 Å². The van der Waals surface area contributed by atoms with Gasteiger partial charge in [0.2, 0.25) is 5.91 Å². The summed E-state index contributed by atoms with van der Waals surface area (Å²) >= 11 is 1.72. The van der Waals surface area contributed by atoms with E-state index in [0.29, 0.717) is 5.91 Å². The second kappa shape index (κ2) is 7.59. The van der Waals surface area contributed by atoms with E-state index in [1.807, 2.05) is 0 Å². The third kappa shape index (κ3) is 3.48. The molecule has 1 aromatic carbocycles. The largest absolute Gasteiger partial charge is 0.309 e. The summed E-state index contributed by atoms with van der Waals surface area (Å²) in [6.45, 7) is 6.05. The van der Waals surface area contributed by atoms with Crippen molar-refractivity contribution in [2.75, 3.05) is 32.1 Å². The molecule has 0 N–H and O–H groups in total. The highest BCUT2D eigenvalue weighted by Gasteiger charge is 2.55. The summed E-state index contributed by atoms with van der Waals surface area (Å²) in [5.74, 6) is 2.73. The Bertz CT molecular complexity index is 888. The molecule has 2 aromatic rings. The highest BCUT2D eigenvalue weighted by atomic mass is 32.1. The van der Waals surface area contributed by atoms with Crippen LogP contribution >= 0.6 is 11.3 Å². The highest BCUT2D eigenvalue weighted by molar-refractivity contribution is 7.22. The Labute approximate surface area is 184 Å². The zero-order chi connectivity index (χ0) is 21.0. The van der Waals surface area contributed by atoms with E-state index in [9.17, 15) is 4.79 Å². The Morgan fingerprint density at radius 2 is 1.63 bits per heavy atom. The van der Waals surface area contributed by atoms with Crippen LogP contribution in [0, 0.1) is 37.0 Å². The monoisotopic (exact) mass is 425 g/mol. The van der Waals surface area contributed by atoms with E-state index in [1.165, 1.54) is 35.1 Å². The molecule has 162 valence electrons. The van der Waals surface area contributed by atoms with Gasteiger partial charge in [-0.3, -0.25) is 9.69 Å². The molecule has 0 radical (unpaired) electrons. The van der Waals surface area contributed by atoms with Gasteiger partial charge in [0.05, 0.1) is 15.6 Å². The second-order valence-electron chi connectivity index (χ2n) is 10.7. The molecule has 0 spiro atoms. The molecule has 0 aliphatic heterocycles. The van der Waals surface area contributed by atoms with Crippen molar-refractivity contribution in [1.29, 1.82) is 0 Å². The summed E-state index contributed by atoms with van der Waals surface area (Å²) in [5, 5.41) is 0.918. The highest BCUT2D eigenvalue weighted by Crippen LogP contribution is 2.60. The van der Waals surface area contributed by atoms with Gasteiger partial charge >= 0.3 is 0 Å². The third-order valence-electron chi connectivity index (χ3n) is 7.89. The minimum atomic E-state index is -0.116. The number of carbonyl (C=O) groups excluding carboxylic acids is 1. The summed E-state index contributed by atoms with van der Waals surface area (Å²) in [4.78, 5) is 23.5. The lowest BCUT2D eigenvalue weighted by molar-refractivity contribution is -0.143. The Hall–Kier alpha value is -1.46. The van der Waals surface area contributed by atoms with Gasteiger partial charge in [-0.1, -0.05) is 23.5 Å². The predicted octanol–water partition coefficient (Wildman–Crippen LogP) is 5.41. The van der Waals surface area contributed by atoms with Crippen molar-refractivity contribution in [3.8, 4) is 0 Å². The SMILES string of the molecule is Cc1ccc(C)c2sc(N(CCCN(C)C)C(=O)C34CC5CC(CC(C5)C3)C4)nc12. The summed E-state index contributed by atoms with van der Waals surface area (Å²) in [6.07, 6.45) is 8.44. The predicted molar refractivity (Wildman–Crippen MR) is 125 cm³/mol. The quantitative estimate of drug-likeness (QED) is 0.620. The molecule has 1 aromatic heterocycles. The first kappa shape index (κ1) is 20.4. The summed E-state index contributed by atoms with van der Waals surface area (Å²) in [7, 11) is 4.21. The first-order chi connectivity index (χ1) is 14.3. The molecule has 1 heterocycles. The number of aromatic nitrogens is 1. The second-order valence-corrected chi connectivity index (χ2v) is 11.7. The third-order valence-corrected chi connectivity index (χ3v) is 9.10. The van der Waals surface area contributed by atoms with E-state index in [0.717, 1.165) is 67.2 Å². The van der Waals surface area contributed by atoms with E-state index in [-0.39, 0.29) is 5.41 Å². The van der Waals surface area contributed by atoms with Crippen molar-refractivity contribution in [2.45, 2.75) is 58.8 Å². The van der Waals surface area contributed by atoms with Crippen molar-refractivity contribution in [3.63, 3.8) is 0 Å². The maximum atomic E-state index is 14.2. The number of benzene rings is 1. The zero-order valence-corrected chi connectivity index (χ0v) is 19.7. The van der Waals surface area contributed by atoms with Gasteiger partial charge in [-0.25, -0.2) is 4.98 Å². The number of hydrogen-bond acceptors (Lipinski definition) is 4. The van der Waals surface area contributed by atoms with E-state index >= 15 is 0 Å². The Kier molecular flexibility index (Phi) is 5.18. The first-order valence-electron chi connectivity index (χ1n) is 11.7. The summed E-state index contributed by atoms with van der Waals surface area (Å²) in [6, 6.07) is 4.33. The van der Waals surface area contributed by atoms with Crippen LogP contribution in [-0.4, -0.2) is 43.0 Å². The molecule has 4 bridgehead atoms. The number of hydrogen-bond donors (Lipinski definition) is 0. The molecule has 4 nitrogen and oxygen atoms in total. The lowest BCUT2D eigenvalue weighted by Crippen LogP contribution is -2.55. The Morgan fingerprint density at radius 3 is 2.20 bits per heavy atom. The lowest BCUT2D eigenvalue weighted by atomic mass is 9.49. The van der Waals surface area contributed by atoms with E-state index in [1.54, 1.807) is 11.3 Å². The van der Waals surface area contributed by atoms with Gasteiger partial charge in [0, 0.05) is 6.54 Å². The smallest absolute Gasteiger partial charge is 0.235 e. The topological polar surface area (TPSA) is 36.4 Å². The van der Waals surface area contributed by atoms with E-state index in [4.69, 9.17) is 4.98 Å². The van der Waals surface area contributed by atoms with Crippen molar-refractivity contribution in [3.05, 3.63) is 23.3 Å². The van der Waals surface area contributed by atoms with Crippen LogP contribution in [-0.2, 0) is 4.79 Å². The summed E-state index contributed by atoms with van der Waals surface area (Å²) < 4.78 is 1.24. The van der Waals surface area contributed by atoms with Gasteiger partial charge in [-0.05, 0) is 108 Å². The maximum absolute atomic E-state index is 14.2. The Morgan fingerprint density at radius 1 is 1.03 bits per heavy atom. The molecule has 30 heavy (non-hydrogen) atoms. The zero-order valence-electron chi connectivity index (χ0n) is 18.9. The fraction of sp³-hybridized carbons (Fsp3) is 0.680. The van der Waals surface area contributed by atoms with Crippen molar-refractivity contribution in [1.82, 2.24) is 9.88 Å². The van der Waals surface area contributed by atoms with Crippen LogP contribution in [0.2, 0.25) is 0 Å². The molecule has 6 rings (SSSR count). The number of nitrogens with zero attached hydrogens (tertiary/aromatic N) is 3. The molecule has 4 aliphatic rings. The number of carbonyl (C=O) groups is 1. The molecule has 5 heteroatoms. The van der Waals surface area contributed by atoms with Crippen molar-refractivity contribution in [2.24, 2.45) is 23.2 Å². The van der Waals surface area contributed by atoms with Gasteiger partial charge in [0.25, 0.3) is 0 Å². The molecular formula is C25H35N3OS. The molecular weight excluding hydrogens is 390 g/mol. The Balaban J connectivity index is 1.50. The van der Waals surface area contributed by atoms with Crippen molar-refractivity contribution >= 4 is 32.6 Å². The maximum Gasteiger partial charge on any atom is 0.235 e. The van der Waals surface area contributed by atoms with Crippen LogP contribution in [0.1, 0.15) is 56.1 Å². The number of anilines is 1. The van der Waals surface area contributed by atoms with Gasteiger partial charge in [0.15, 0.2) is 5.13 Å². The number of fused-ring (bicyclic) bond motifs is 1. The van der Waals surface area contributed by atoms with Crippen LogP contribution in [0.15, 0.2) is 12.1 Å². The molecule has 4 aliphatic carbocycles. The van der Waals surface area contributed by atoms with Gasteiger partial charge < -0.3 is 4.90 Å². The molecule has 0 saturated heterocycles. The van der Waals surface area contributed by atoms with Crippen LogP contribution in [0.5, 0.6) is 0 Å². The number of aryl methyl sites for hydroxylation is 2. The number of rotatable bonds is 6. The molecule has 4 saturated carbocycles. The molecule has 1 amide bonds. The summed E-state index contributed by atoms with van der Waals surface area (Å²) in [5.41, 5.74) is 3.42. The number of thiazole rings is 1. The van der Waals surface area contributed by atoms with Crippen LogP contribution < -0.4 is 4.90 Å². The van der Waals surface area contributed by atoms with E-state index < -0.39 is 0 Å². The standard InChI is InChI=1S/C25H35N3OS/c1-16-6-7-17(2)22-21(16)26-24(30-22)28(9-5-8-27(3)4)23(29)25-13-18-10-19(14-25)12-20(11-18)15-25/h6-7,18-20H,5,8-15H2,1-4H3. The lowest BCUT2D eigenvalue weighted by Gasteiger charge is -2.56. The normalized spacial score (nSPS) is 29.8. The fourth-order valence-corrected chi connectivity index (χ4v) is 7.99.